The highest BCUT2D eigenvalue weighted by atomic mass is 16.5. The van der Waals surface area contributed by atoms with E-state index < -0.39 is 0 Å². The molecule has 1 heterocycles. The highest BCUT2D eigenvalue weighted by Gasteiger charge is 2.36. The van der Waals surface area contributed by atoms with Crippen LogP contribution in [0.1, 0.15) is 26.7 Å². The van der Waals surface area contributed by atoms with Crippen LogP contribution in [-0.4, -0.2) is 49.6 Å². The molecule has 0 aliphatic carbocycles. The Morgan fingerprint density at radius 3 is 2.88 bits per heavy atom. The minimum absolute atomic E-state index is 0.0166. The number of amides is 2. The molecule has 1 aliphatic rings. The van der Waals surface area contributed by atoms with Crippen molar-refractivity contribution in [1.82, 2.24) is 10.2 Å². The Hall–Kier alpha value is -1.10. The minimum atomic E-state index is -0.245. The number of rotatable bonds is 6. The van der Waals surface area contributed by atoms with Crippen molar-refractivity contribution in [2.75, 3.05) is 20.2 Å². The molecule has 0 aromatic carbocycles. The highest BCUT2D eigenvalue weighted by Crippen LogP contribution is 2.24. The van der Waals surface area contributed by atoms with Crippen LogP contribution in [0.4, 0.5) is 0 Å². The monoisotopic (exact) mass is 242 g/mol. The summed E-state index contributed by atoms with van der Waals surface area (Å²) in [6.07, 6.45) is 2.51. The van der Waals surface area contributed by atoms with Crippen molar-refractivity contribution >= 4 is 12.3 Å². The van der Waals surface area contributed by atoms with Crippen molar-refractivity contribution in [2.45, 2.75) is 38.8 Å². The quantitative estimate of drug-likeness (QED) is 0.686. The molecule has 1 fully saturated rings. The average molecular weight is 242 g/mol. The highest BCUT2D eigenvalue weighted by molar-refractivity contribution is 5.79. The first-order valence-electron chi connectivity index (χ1n) is 6.17. The van der Waals surface area contributed by atoms with Crippen LogP contribution in [0.5, 0.6) is 0 Å². The number of nitrogens with zero attached hydrogens (tertiary/aromatic N) is 1. The maximum atomic E-state index is 11.8. The third-order valence-corrected chi connectivity index (χ3v) is 3.39. The zero-order valence-corrected chi connectivity index (χ0v) is 10.8. The molecule has 17 heavy (non-hydrogen) atoms. The molecule has 1 aliphatic heterocycles. The van der Waals surface area contributed by atoms with Crippen LogP contribution < -0.4 is 5.32 Å². The molecule has 0 aromatic heterocycles. The standard InChI is InChI=1S/C12H22N2O3/c1-4-13-12(16)9(2)11(17-3)10-6-5-7-14(10)8-15/h8-11H,4-7H2,1-3H3,(H,13,16). The fraction of sp³-hybridized carbons (Fsp3) is 0.833. The van der Waals surface area contributed by atoms with Crippen LogP contribution in [0, 0.1) is 5.92 Å². The Kier molecular flexibility index (Phi) is 5.41. The Bertz CT molecular complexity index is 270. The van der Waals surface area contributed by atoms with E-state index >= 15 is 0 Å². The summed E-state index contributed by atoms with van der Waals surface area (Å²) in [5.41, 5.74) is 0. The average Bonchev–Trinajstić information content (AvgIpc) is 2.78. The van der Waals surface area contributed by atoms with Gasteiger partial charge in [0.1, 0.15) is 0 Å². The number of hydrogen-bond donors (Lipinski definition) is 1. The van der Waals surface area contributed by atoms with Gasteiger partial charge in [0.2, 0.25) is 12.3 Å². The lowest BCUT2D eigenvalue weighted by molar-refractivity contribution is -0.133. The molecule has 98 valence electrons. The lowest BCUT2D eigenvalue weighted by Crippen LogP contribution is -2.47. The van der Waals surface area contributed by atoms with Gasteiger partial charge in [-0.1, -0.05) is 6.92 Å². The summed E-state index contributed by atoms with van der Waals surface area (Å²) >= 11 is 0. The fourth-order valence-corrected chi connectivity index (χ4v) is 2.48. The molecule has 0 saturated carbocycles. The van der Waals surface area contributed by atoms with Gasteiger partial charge in [0.15, 0.2) is 0 Å². The molecule has 0 spiro atoms. The first-order chi connectivity index (χ1) is 8.15. The third kappa shape index (κ3) is 3.19. The van der Waals surface area contributed by atoms with Crippen LogP contribution in [0.2, 0.25) is 0 Å². The lowest BCUT2D eigenvalue weighted by atomic mass is 9.95. The van der Waals surface area contributed by atoms with Crippen molar-refractivity contribution in [2.24, 2.45) is 5.92 Å². The van der Waals surface area contributed by atoms with E-state index in [0.717, 1.165) is 25.8 Å². The van der Waals surface area contributed by atoms with Crippen LogP contribution in [0.3, 0.4) is 0 Å². The van der Waals surface area contributed by atoms with Gasteiger partial charge in [-0.3, -0.25) is 9.59 Å². The van der Waals surface area contributed by atoms with Crippen LogP contribution in [-0.2, 0) is 14.3 Å². The first-order valence-corrected chi connectivity index (χ1v) is 6.17. The van der Waals surface area contributed by atoms with Crippen molar-refractivity contribution < 1.29 is 14.3 Å². The number of carbonyl (C=O) groups is 2. The number of hydrogen-bond acceptors (Lipinski definition) is 3. The molecule has 5 heteroatoms. The van der Waals surface area contributed by atoms with Crippen LogP contribution in [0.15, 0.2) is 0 Å². The van der Waals surface area contributed by atoms with Gasteiger partial charge in [-0.25, -0.2) is 0 Å². The van der Waals surface area contributed by atoms with E-state index in [9.17, 15) is 9.59 Å². The second-order valence-electron chi connectivity index (χ2n) is 4.44. The van der Waals surface area contributed by atoms with Gasteiger partial charge in [-0.05, 0) is 19.8 Å². The summed E-state index contributed by atoms with van der Waals surface area (Å²) in [6.45, 7) is 5.11. The predicted octanol–water partition coefficient (Wildman–Crippen LogP) is 0.394. The summed E-state index contributed by atoms with van der Waals surface area (Å²) in [6, 6.07) is 0.0232. The number of likely N-dealkylation sites (tertiary alicyclic amines) is 1. The molecule has 1 N–H and O–H groups in total. The summed E-state index contributed by atoms with van der Waals surface area (Å²) in [5, 5.41) is 2.79. The SMILES string of the molecule is CCNC(=O)C(C)C(OC)C1CCCN1C=O. The zero-order chi connectivity index (χ0) is 12.8. The van der Waals surface area contributed by atoms with E-state index in [4.69, 9.17) is 4.74 Å². The smallest absolute Gasteiger partial charge is 0.225 e. The van der Waals surface area contributed by atoms with Crippen molar-refractivity contribution in [1.29, 1.82) is 0 Å². The number of nitrogens with one attached hydrogen (secondary N) is 1. The topological polar surface area (TPSA) is 58.6 Å². The van der Waals surface area contributed by atoms with Gasteiger partial charge in [-0.2, -0.15) is 0 Å². The molecule has 0 radical (unpaired) electrons. The summed E-state index contributed by atoms with van der Waals surface area (Å²) < 4.78 is 5.43. The maximum absolute atomic E-state index is 11.8. The number of methoxy groups -OCH3 is 1. The van der Waals surface area contributed by atoms with E-state index in [-0.39, 0.29) is 24.0 Å². The summed E-state index contributed by atoms with van der Waals surface area (Å²) in [4.78, 5) is 24.5. The third-order valence-electron chi connectivity index (χ3n) is 3.39. The van der Waals surface area contributed by atoms with Crippen LogP contribution >= 0.6 is 0 Å². The summed E-state index contributed by atoms with van der Waals surface area (Å²) in [7, 11) is 1.60. The van der Waals surface area contributed by atoms with Gasteiger partial charge in [0.25, 0.3) is 0 Å². The van der Waals surface area contributed by atoms with Gasteiger partial charge in [0, 0.05) is 20.2 Å². The Morgan fingerprint density at radius 2 is 2.35 bits per heavy atom. The van der Waals surface area contributed by atoms with Gasteiger partial charge >= 0.3 is 0 Å². The summed E-state index contributed by atoms with van der Waals surface area (Å²) in [5.74, 6) is -0.261. The van der Waals surface area contributed by atoms with E-state index in [1.165, 1.54) is 0 Å². The Morgan fingerprint density at radius 1 is 1.65 bits per heavy atom. The molecule has 0 bridgehead atoms. The molecule has 3 unspecified atom stereocenters. The molecule has 5 nitrogen and oxygen atoms in total. The van der Waals surface area contributed by atoms with E-state index in [2.05, 4.69) is 5.32 Å². The van der Waals surface area contributed by atoms with E-state index in [0.29, 0.717) is 6.54 Å². The molecule has 1 saturated heterocycles. The van der Waals surface area contributed by atoms with Crippen molar-refractivity contribution in [3.63, 3.8) is 0 Å². The van der Waals surface area contributed by atoms with Crippen LogP contribution in [0.25, 0.3) is 0 Å². The second kappa shape index (κ2) is 6.59. The predicted molar refractivity (Wildman–Crippen MR) is 64.4 cm³/mol. The molecule has 0 aromatic rings. The zero-order valence-electron chi connectivity index (χ0n) is 10.8. The number of carbonyl (C=O) groups excluding carboxylic acids is 2. The van der Waals surface area contributed by atoms with Gasteiger partial charge in [-0.15, -0.1) is 0 Å². The number of ether oxygens (including phenoxy) is 1. The van der Waals surface area contributed by atoms with E-state index in [1.807, 2.05) is 13.8 Å². The Balaban J connectivity index is 2.69. The molecular formula is C12H22N2O3. The normalized spacial score (nSPS) is 23.2. The Labute approximate surface area is 102 Å². The molecule has 2 amide bonds. The van der Waals surface area contributed by atoms with E-state index in [1.54, 1.807) is 12.0 Å². The molecule has 1 rings (SSSR count). The van der Waals surface area contributed by atoms with Crippen molar-refractivity contribution in [3.05, 3.63) is 0 Å². The first kappa shape index (κ1) is 14.0. The van der Waals surface area contributed by atoms with Gasteiger partial charge < -0.3 is 15.0 Å². The second-order valence-corrected chi connectivity index (χ2v) is 4.44. The fourth-order valence-electron chi connectivity index (χ4n) is 2.48. The molecule has 3 atom stereocenters. The largest absolute Gasteiger partial charge is 0.378 e. The van der Waals surface area contributed by atoms with Gasteiger partial charge in [0.05, 0.1) is 18.1 Å². The molecular weight excluding hydrogens is 220 g/mol. The maximum Gasteiger partial charge on any atom is 0.225 e. The van der Waals surface area contributed by atoms with Crippen molar-refractivity contribution in [3.8, 4) is 0 Å². The lowest BCUT2D eigenvalue weighted by Gasteiger charge is -2.31. The minimum Gasteiger partial charge on any atom is -0.378 e.